The van der Waals surface area contributed by atoms with E-state index in [0.717, 1.165) is 5.76 Å². The van der Waals surface area contributed by atoms with Crippen molar-refractivity contribution in [2.75, 3.05) is 45.6 Å². The largest absolute Gasteiger partial charge is 0.443 e. The van der Waals surface area contributed by atoms with Gasteiger partial charge in [-0.1, -0.05) is 20.8 Å². The average Bonchev–Trinajstić information content (AvgIpc) is 3.11. The Hall–Kier alpha value is -0.920. The van der Waals surface area contributed by atoms with Crippen LogP contribution in [0.25, 0.3) is 0 Å². The summed E-state index contributed by atoms with van der Waals surface area (Å²) in [4.78, 5) is 10.7. The zero-order valence-corrected chi connectivity index (χ0v) is 22.0. The van der Waals surface area contributed by atoms with Crippen LogP contribution >= 0.6 is 24.0 Å². The van der Waals surface area contributed by atoms with E-state index in [4.69, 9.17) is 9.15 Å². The van der Waals surface area contributed by atoms with Gasteiger partial charge in [0.05, 0.1) is 31.2 Å². The highest BCUT2D eigenvalue weighted by molar-refractivity contribution is 14.0. The number of guanidine groups is 1. The minimum atomic E-state index is -3.30. The van der Waals surface area contributed by atoms with Crippen molar-refractivity contribution in [1.82, 2.24) is 19.5 Å². The summed E-state index contributed by atoms with van der Waals surface area (Å²) in [6, 6.07) is 0. The van der Waals surface area contributed by atoms with Crippen LogP contribution < -0.4 is 5.32 Å². The average molecular weight is 557 g/mol. The molecular weight excluding hydrogens is 521 g/mol. The molecule has 0 amide bonds. The van der Waals surface area contributed by atoms with Gasteiger partial charge in [0.1, 0.15) is 5.76 Å². The molecule has 0 unspecified atom stereocenters. The Kier molecular flexibility index (Phi) is 10.5. The van der Waals surface area contributed by atoms with Crippen molar-refractivity contribution in [3.05, 3.63) is 17.8 Å². The number of aliphatic imine (C=N–C) groups is 1. The topological polar surface area (TPSA) is 100 Å². The van der Waals surface area contributed by atoms with Crippen molar-refractivity contribution < 1.29 is 17.6 Å². The van der Waals surface area contributed by atoms with E-state index in [-0.39, 0.29) is 47.9 Å². The Morgan fingerprint density at radius 1 is 1.30 bits per heavy atom. The molecule has 1 aromatic rings. The minimum absolute atomic E-state index is 0. The summed E-state index contributed by atoms with van der Waals surface area (Å²) in [5, 5.41) is 3.25. The molecule has 0 bridgehead atoms. The molecule has 0 atom stereocenters. The maximum Gasteiger partial charge on any atom is 0.216 e. The molecule has 0 aliphatic carbocycles. The number of hydrogen-bond donors (Lipinski definition) is 1. The first-order valence-electron chi connectivity index (χ1n) is 10.0. The number of nitrogens with one attached hydrogen (secondary N) is 1. The normalized spacial score (nSPS) is 16.6. The van der Waals surface area contributed by atoms with Gasteiger partial charge in [0.15, 0.2) is 5.96 Å². The van der Waals surface area contributed by atoms with Crippen LogP contribution in [0.3, 0.4) is 0 Å². The maximum atomic E-state index is 12.5. The van der Waals surface area contributed by atoms with Crippen molar-refractivity contribution in [3.8, 4) is 0 Å². The summed E-state index contributed by atoms with van der Waals surface area (Å²) in [6.45, 7) is 12.7. The smallest absolute Gasteiger partial charge is 0.216 e. The van der Waals surface area contributed by atoms with Crippen LogP contribution in [0.15, 0.2) is 15.6 Å². The van der Waals surface area contributed by atoms with Crippen LogP contribution in [-0.2, 0) is 26.7 Å². The van der Waals surface area contributed by atoms with E-state index in [0.29, 0.717) is 44.6 Å². The number of rotatable bonds is 7. The Bertz CT molecular complexity index is 781. The molecule has 1 saturated heterocycles. The lowest BCUT2D eigenvalue weighted by molar-refractivity contribution is 0.0904. The Labute approximate surface area is 197 Å². The summed E-state index contributed by atoms with van der Waals surface area (Å²) in [5.74, 6) is 2.16. The van der Waals surface area contributed by atoms with Crippen molar-refractivity contribution >= 4 is 40.0 Å². The molecule has 174 valence electrons. The summed E-state index contributed by atoms with van der Waals surface area (Å²) < 4.78 is 37.6. The Balaban J connectivity index is 0.00000450. The molecule has 1 aliphatic heterocycles. The number of hydrogen-bond acceptors (Lipinski definition) is 6. The van der Waals surface area contributed by atoms with Gasteiger partial charge in [0.25, 0.3) is 0 Å². The number of aromatic nitrogens is 1. The van der Waals surface area contributed by atoms with Gasteiger partial charge >= 0.3 is 0 Å². The first-order chi connectivity index (χ1) is 13.5. The van der Waals surface area contributed by atoms with Gasteiger partial charge in [0.2, 0.25) is 15.9 Å². The van der Waals surface area contributed by atoms with E-state index in [2.05, 4.69) is 36.1 Å². The monoisotopic (exact) mass is 557 g/mol. The van der Waals surface area contributed by atoms with E-state index < -0.39 is 10.0 Å². The van der Waals surface area contributed by atoms with Crippen molar-refractivity contribution in [2.24, 2.45) is 4.99 Å². The van der Waals surface area contributed by atoms with Crippen LogP contribution in [0.2, 0.25) is 0 Å². The van der Waals surface area contributed by atoms with Gasteiger partial charge in [0, 0.05) is 38.6 Å². The molecule has 1 aliphatic rings. The van der Waals surface area contributed by atoms with Gasteiger partial charge in [-0.05, 0) is 13.8 Å². The zero-order chi connectivity index (χ0) is 21.7. The molecule has 0 saturated carbocycles. The zero-order valence-electron chi connectivity index (χ0n) is 18.8. The maximum absolute atomic E-state index is 12.5. The number of sulfonamides is 1. The molecule has 9 nitrogen and oxygen atoms in total. The second kappa shape index (κ2) is 11.6. The van der Waals surface area contributed by atoms with Crippen LogP contribution in [0, 0.1) is 0 Å². The van der Waals surface area contributed by atoms with E-state index >= 15 is 0 Å². The fourth-order valence-electron chi connectivity index (χ4n) is 2.92. The molecule has 30 heavy (non-hydrogen) atoms. The molecule has 2 heterocycles. The molecule has 2 rings (SSSR count). The third kappa shape index (κ3) is 7.97. The second-order valence-electron chi connectivity index (χ2n) is 8.39. The lowest BCUT2D eigenvalue weighted by Gasteiger charge is -2.35. The third-order valence-electron chi connectivity index (χ3n) is 4.63. The van der Waals surface area contributed by atoms with Crippen LogP contribution in [0.5, 0.6) is 0 Å². The Morgan fingerprint density at radius 2 is 1.93 bits per heavy atom. The van der Waals surface area contributed by atoms with Gasteiger partial charge < -0.3 is 19.4 Å². The fourth-order valence-corrected chi connectivity index (χ4v) is 4.21. The molecule has 11 heteroatoms. The fraction of sp³-hybridized carbons (Fsp3) is 0.789. The summed E-state index contributed by atoms with van der Waals surface area (Å²) in [6.07, 6.45) is 1.78. The van der Waals surface area contributed by atoms with Crippen molar-refractivity contribution in [1.29, 1.82) is 0 Å². The molecule has 1 fully saturated rings. The SMILES string of the molecule is CN=C(NCc1ncc(C(C)(C)C)o1)N1CCN(S(=O)(=O)CCOC(C)C)CC1.I. The van der Waals surface area contributed by atoms with Crippen LogP contribution in [0.1, 0.15) is 46.3 Å². The summed E-state index contributed by atoms with van der Waals surface area (Å²) in [7, 11) is -1.59. The van der Waals surface area contributed by atoms with Crippen LogP contribution in [-0.4, -0.2) is 80.3 Å². The lowest BCUT2D eigenvalue weighted by atomic mass is 9.94. The van der Waals surface area contributed by atoms with E-state index in [9.17, 15) is 8.42 Å². The molecule has 1 aromatic heterocycles. The molecule has 0 radical (unpaired) electrons. The number of ether oxygens (including phenoxy) is 1. The summed E-state index contributed by atoms with van der Waals surface area (Å²) in [5.41, 5.74) is -0.0883. The highest BCUT2D eigenvalue weighted by Gasteiger charge is 2.28. The van der Waals surface area contributed by atoms with E-state index in [1.54, 1.807) is 13.2 Å². The number of nitrogens with zero attached hydrogens (tertiary/aromatic N) is 4. The van der Waals surface area contributed by atoms with E-state index in [1.807, 2.05) is 18.7 Å². The second-order valence-corrected chi connectivity index (χ2v) is 10.5. The highest BCUT2D eigenvalue weighted by Crippen LogP contribution is 2.22. The van der Waals surface area contributed by atoms with Crippen molar-refractivity contribution in [2.45, 2.75) is 52.7 Å². The van der Waals surface area contributed by atoms with Gasteiger partial charge in [-0.3, -0.25) is 4.99 Å². The number of oxazole rings is 1. The molecule has 1 N–H and O–H groups in total. The first-order valence-corrected chi connectivity index (χ1v) is 11.6. The van der Waals surface area contributed by atoms with Gasteiger partial charge in [-0.15, -0.1) is 24.0 Å². The third-order valence-corrected chi connectivity index (χ3v) is 6.46. The minimum Gasteiger partial charge on any atom is -0.443 e. The van der Waals surface area contributed by atoms with Crippen LogP contribution in [0.4, 0.5) is 0 Å². The quantitative estimate of drug-likeness (QED) is 0.311. The van der Waals surface area contributed by atoms with E-state index in [1.165, 1.54) is 4.31 Å². The van der Waals surface area contributed by atoms with Gasteiger partial charge in [-0.2, -0.15) is 4.31 Å². The standard InChI is InChI=1S/C19H35N5O4S.HI/c1-15(2)27-11-12-29(25,26)24-9-7-23(8-10-24)18(20-6)22-14-17-21-13-16(28-17)19(3,4)5;/h13,15H,7-12,14H2,1-6H3,(H,20,22);1H. The first kappa shape index (κ1) is 27.1. The number of piperazine rings is 1. The molecule has 0 spiro atoms. The lowest BCUT2D eigenvalue weighted by Crippen LogP contribution is -2.54. The molecular formula is C19H36IN5O4S. The summed E-state index contributed by atoms with van der Waals surface area (Å²) >= 11 is 0. The van der Waals surface area contributed by atoms with Crippen molar-refractivity contribution in [3.63, 3.8) is 0 Å². The Morgan fingerprint density at radius 3 is 2.43 bits per heavy atom. The predicted octanol–water partition coefficient (Wildman–Crippen LogP) is 2.04. The van der Waals surface area contributed by atoms with Gasteiger partial charge in [-0.25, -0.2) is 13.4 Å². The number of halogens is 1. The molecule has 0 aromatic carbocycles. The highest BCUT2D eigenvalue weighted by atomic mass is 127. The predicted molar refractivity (Wildman–Crippen MR) is 129 cm³/mol.